The summed E-state index contributed by atoms with van der Waals surface area (Å²) < 4.78 is 44.3. The molecule has 0 spiro atoms. The monoisotopic (exact) mass is 384 g/mol. The van der Waals surface area contributed by atoms with Crippen LogP contribution in [0.4, 0.5) is 14.6 Å². The first-order valence-corrected chi connectivity index (χ1v) is 9.37. The number of aromatic nitrogens is 1. The van der Waals surface area contributed by atoms with Crippen molar-refractivity contribution in [2.24, 2.45) is 0 Å². The van der Waals surface area contributed by atoms with Gasteiger partial charge in [-0.3, -0.25) is 4.79 Å². The number of rotatable bonds is 4. The van der Waals surface area contributed by atoms with E-state index in [1.54, 1.807) is 0 Å². The van der Waals surface area contributed by atoms with Crippen LogP contribution in [0.5, 0.6) is 0 Å². The first kappa shape index (κ1) is 17.7. The Morgan fingerprint density at radius 3 is 2.77 bits per heavy atom. The van der Waals surface area contributed by atoms with Gasteiger partial charge in [-0.05, 0) is 18.9 Å². The zero-order valence-corrected chi connectivity index (χ0v) is 14.9. The maximum atomic E-state index is 14.4. The molecule has 2 atom stereocenters. The van der Waals surface area contributed by atoms with E-state index in [1.165, 1.54) is 24.8 Å². The molecule has 0 unspecified atom stereocenters. The largest absolute Gasteiger partial charge is 0.363 e. The van der Waals surface area contributed by atoms with Gasteiger partial charge in [0.2, 0.25) is 11.4 Å². The number of ether oxygens (including phenoxy) is 2. The summed E-state index contributed by atoms with van der Waals surface area (Å²) in [6.07, 6.45) is 1.82. The van der Waals surface area contributed by atoms with Gasteiger partial charge >= 0.3 is 0 Å². The minimum absolute atomic E-state index is 0.00717. The predicted molar refractivity (Wildman–Crippen MR) is 91.9 cm³/mol. The van der Waals surface area contributed by atoms with Gasteiger partial charge in [0.1, 0.15) is 0 Å². The minimum atomic E-state index is -1.11. The summed E-state index contributed by atoms with van der Waals surface area (Å²) >= 11 is 1.29. The molecule has 4 rings (SSSR count). The van der Waals surface area contributed by atoms with Crippen molar-refractivity contribution in [3.05, 3.63) is 23.3 Å². The van der Waals surface area contributed by atoms with Gasteiger partial charge < -0.3 is 19.3 Å². The van der Waals surface area contributed by atoms with Crippen LogP contribution in [0.3, 0.4) is 0 Å². The third-order valence-electron chi connectivity index (χ3n) is 4.64. The molecule has 2 aliphatic rings. The quantitative estimate of drug-likeness (QED) is 0.860. The van der Waals surface area contributed by atoms with Gasteiger partial charge in [0.15, 0.2) is 23.0 Å². The summed E-state index contributed by atoms with van der Waals surface area (Å²) in [5.74, 6) is -1.84. The van der Waals surface area contributed by atoms with Crippen LogP contribution in [0.1, 0.15) is 38.0 Å². The minimum Gasteiger partial charge on any atom is -0.363 e. The Morgan fingerprint density at radius 2 is 2.04 bits per heavy atom. The number of fused-ring (bicyclic) bond motifs is 1. The summed E-state index contributed by atoms with van der Waals surface area (Å²) in [6.45, 7) is 2.19. The van der Waals surface area contributed by atoms with Gasteiger partial charge in [0.25, 0.3) is 0 Å². The summed E-state index contributed by atoms with van der Waals surface area (Å²) in [4.78, 5) is 11.4. The lowest BCUT2D eigenvalue weighted by Gasteiger charge is -2.19. The first-order valence-electron chi connectivity index (χ1n) is 8.49. The lowest BCUT2D eigenvalue weighted by molar-refractivity contribution is -0.109. The van der Waals surface area contributed by atoms with E-state index in [0.29, 0.717) is 24.4 Å². The van der Waals surface area contributed by atoms with Gasteiger partial charge in [-0.25, -0.2) is 4.39 Å². The van der Waals surface area contributed by atoms with Gasteiger partial charge in [-0.2, -0.15) is 4.39 Å². The van der Waals surface area contributed by atoms with Crippen LogP contribution in [-0.4, -0.2) is 34.8 Å². The van der Waals surface area contributed by atoms with E-state index >= 15 is 0 Å². The topological polar surface area (TPSA) is 73.6 Å². The average molecular weight is 384 g/mol. The molecule has 140 valence electrons. The molecule has 6 nitrogen and oxygen atoms in total. The first-order chi connectivity index (χ1) is 12.5. The fraction of sp³-hybridized carbons (Fsp3) is 0.529. The molecule has 2 aromatic rings. The highest BCUT2D eigenvalue weighted by Crippen LogP contribution is 2.37. The molecule has 1 N–H and O–H groups in total. The second kappa shape index (κ2) is 7.13. The van der Waals surface area contributed by atoms with E-state index in [9.17, 15) is 13.6 Å². The van der Waals surface area contributed by atoms with Gasteiger partial charge in [-0.1, -0.05) is 23.3 Å². The second-order valence-corrected chi connectivity index (χ2v) is 7.82. The number of hydrogen-bond donors (Lipinski definition) is 1. The summed E-state index contributed by atoms with van der Waals surface area (Å²) in [5.41, 5.74) is -0.264. The zero-order chi connectivity index (χ0) is 18.3. The summed E-state index contributed by atoms with van der Waals surface area (Å²) in [6, 6.07) is 1.46. The van der Waals surface area contributed by atoms with Gasteiger partial charge in [0, 0.05) is 23.8 Å². The molecule has 1 aliphatic carbocycles. The van der Waals surface area contributed by atoms with Crippen LogP contribution in [0.15, 0.2) is 10.6 Å². The van der Waals surface area contributed by atoms with Crippen LogP contribution >= 0.6 is 11.8 Å². The average Bonchev–Trinajstić information content (AvgIpc) is 3.33. The molecule has 2 heterocycles. The maximum absolute atomic E-state index is 14.4. The number of benzene rings is 1. The number of nitrogens with one attached hydrogen (secondary N) is 1. The van der Waals surface area contributed by atoms with Crippen LogP contribution < -0.4 is 5.32 Å². The van der Waals surface area contributed by atoms with E-state index < -0.39 is 17.9 Å². The third kappa shape index (κ3) is 3.19. The fourth-order valence-electron chi connectivity index (χ4n) is 3.47. The molecule has 0 bridgehead atoms. The highest BCUT2D eigenvalue weighted by Gasteiger charge is 2.32. The molecule has 1 saturated heterocycles. The van der Waals surface area contributed by atoms with Crippen LogP contribution in [0, 0.1) is 11.6 Å². The molecular weight excluding hydrogens is 366 g/mol. The number of nitrogens with zero attached hydrogens (tertiary/aromatic N) is 1. The molecule has 1 saturated carbocycles. The normalized spacial score (nSPS) is 23.8. The number of halogens is 2. The standard InChI is InChI=1S/C17H18F2N2O4S/c1-8(22)26-12-4-2-3-11(12)20-16-10-7-9(17-23-5-6-24-17)13(18)14(19)15(10)25-21-16/h7,11-12,17H,2-6H2,1H3,(H,20,21)/t11-,12+/m1/s1. The molecule has 2 fully saturated rings. The van der Waals surface area contributed by atoms with Crippen LogP contribution in [0.2, 0.25) is 0 Å². The Morgan fingerprint density at radius 1 is 1.27 bits per heavy atom. The highest BCUT2D eigenvalue weighted by molar-refractivity contribution is 8.14. The molecule has 1 aliphatic heterocycles. The van der Waals surface area contributed by atoms with Crippen molar-refractivity contribution in [2.45, 2.75) is 43.8 Å². The van der Waals surface area contributed by atoms with E-state index in [0.717, 1.165) is 19.3 Å². The van der Waals surface area contributed by atoms with Crippen molar-refractivity contribution in [1.29, 1.82) is 0 Å². The number of thioether (sulfide) groups is 1. The SMILES string of the molecule is CC(=O)S[C@H]1CCC[C@H]1Nc1noc2c(F)c(F)c(C3OCCO3)cc12. The Labute approximate surface area is 152 Å². The molecule has 0 amide bonds. The number of hydrogen-bond acceptors (Lipinski definition) is 7. The zero-order valence-electron chi connectivity index (χ0n) is 14.1. The van der Waals surface area contributed by atoms with Crippen LogP contribution in [-0.2, 0) is 14.3 Å². The van der Waals surface area contributed by atoms with Crippen molar-refractivity contribution in [1.82, 2.24) is 5.16 Å². The summed E-state index contributed by atoms with van der Waals surface area (Å²) in [7, 11) is 0. The molecule has 1 aromatic carbocycles. The Kier molecular flexibility index (Phi) is 4.85. The van der Waals surface area contributed by atoms with E-state index in [4.69, 9.17) is 14.0 Å². The summed E-state index contributed by atoms with van der Waals surface area (Å²) in [5, 5.41) is 7.61. The van der Waals surface area contributed by atoms with Crippen molar-refractivity contribution < 1.29 is 27.6 Å². The third-order valence-corrected chi connectivity index (χ3v) is 5.84. The van der Waals surface area contributed by atoms with Crippen LogP contribution in [0.25, 0.3) is 11.0 Å². The van der Waals surface area contributed by atoms with Crippen molar-refractivity contribution >= 4 is 33.7 Å². The highest BCUT2D eigenvalue weighted by atomic mass is 32.2. The second-order valence-electron chi connectivity index (χ2n) is 6.40. The maximum Gasteiger partial charge on any atom is 0.207 e. The van der Waals surface area contributed by atoms with Crippen molar-refractivity contribution in [3.8, 4) is 0 Å². The lowest BCUT2D eigenvalue weighted by Crippen LogP contribution is -2.27. The van der Waals surface area contributed by atoms with E-state index in [-0.39, 0.29) is 27.6 Å². The van der Waals surface area contributed by atoms with Crippen molar-refractivity contribution in [3.63, 3.8) is 0 Å². The Balaban J connectivity index is 1.66. The lowest BCUT2D eigenvalue weighted by atomic mass is 10.1. The molecular formula is C17H18F2N2O4S. The number of carbonyl (C=O) groups is 1. The number of anilines is 1. The van der Waals surface area contributed by atoms with Gasteiger partial charge in [-0.15, -0.1) is 0 Å². The van der Waals surface area contributed by atoms with E-state index in [1.807, 2.05) is 0 Å². The molecule has 9 heteroatoms. The molecule has 1 aromatic heterocycles. The molecule has 0 radical (unpaired) electrons. The number of carbonyl (C=O) groups excluding carboxylic acids is 1. The van der Waals surface area contributed by atoms with E-state index in [2.05, 4.69) is 10.5 Å². The molecule has 26 heavy (non-hydrogen) atoms. The Bertz CT molecular complexity index is 838. The van der Waals surface area contributed by atoms with Gasteiger partial charge in [0.05, 0.1) is 18.6 Å². The predicted octanol–water partition coefficient (Wildman–Crippen LogP) is 3.76. The Hall–Kier alpha value is -1.71. The van der Waals surface area contributed by atoms with Crippen molar-refractivity contribution in [2.75, 3.05) is 18.5 Å². The fourth-order valence-corrected chi connectivity index (χ4v) is 4.55. The smallest absolute Gasteiger partial charge is 0.207 e.